The monoisotopic (exact) mass is 240 g/mol. The smallest absolute Gasteiger partial charge is 0.391 e. The van der Waals surface area contributed by atoms with Crippen molar-refractivity contribution in [3.63, 3.8) is 0 Å². The van der Waals surface area contributed by atoms with Crippen molar-refractivity contribution in [2.45, 2.75) is 30.5 Å². The van der Waals surface area contributed by atoms with Crippen LogP contribution in [0.25, 0.3) is 0 Å². The third kappa shape index (κ3) is 0.979. The fourth-order valence-corrected chi connectivity index (χ4v) is 1.06. The zero-order valence-corrected chi connectivity index (χ0v) is 6.96. The maximum atomic E-state index is 12.8. The van der Waals surface area contributed by atoms with Crippen molar-refractivity contribution in [2.75, 3.05) is 0 Å². The van der Waals surface area contributed by atoms with E-state index in [4.69, 9.17) is 0 Å². The maximum Gasteiger partial charge on any atom is 0.391 e. The number of halogens is 7. The van der Waals surface area contributed by atoms with Gasteiger partial charge >= 0.3 is 29.6 Å². The van der Waals surface area contributed by atoms with Crippen molar-refractivity contribution in [3.05, 3.63) is 0 Å². The van der Waals surface area contributed by atoms with Crippen LogP contribution in [0.2, 0.25) is 0 Å². The molecule has 2 nitrogen and oxygen atoms in total. The molecule has 0 bridgehead atoms. The summed E-state index contributed by atoms with van der Waals surface area (Å²) >= 11 is 0. The Hall–Kier alpha value is -1.02. The van der Waals surface area contributed by atoms with Crippen molar-refractivity contribution < 1.29 is 40.3 Å². The predicted molar refractivity (Wildman–Crippen MR) is 30.4 cm³/mol. The minimum absolute atomic E-state index is 0.337. The molecule has 0 spiro atoms. The first-order valence-electron chi connectivity index (χ1n) is 3.44. The molecule has 15 heavy (non-hydrogen) atoms. The second-order valence-corrected chi connectivity index (χ2v) is 2.91. The molecule has 0 amide bonds. The number of carbonyl (C=O) groups excluding carboxylic acids is 1. The molecule has 1 fully saturated rings. The third-order valence-corrected chi connectivity index (χ3v) is 1.88. The Labute approximate surface area is 78.0 Å². The number of carbonyl (C=O) groups is 1. The molecular formula is C6H3F7O2. The van der Waals surface area contributed by atoms with Gasteiger partial charge in [-0.05, 0) is 0 Å². The van der Waals surface area contributed by atoms with Crippen molar-refractivity contribution in [1.29, 1.82) is 0 Å². The molecule has 0 heterocycles. The summed E-state index contributed by atoms with van der Waals surface area (Å²) in [6.45, 7) is 0.337. The summed E-state index contributed by atoms with van der Waals surface area (Å²) in [7, 11) is 0. The minimum atomic E-state index is -5.88. The first-order chi connectivity index (χ1) is 6.42. The van der Waals surface area contributed by atoms with Gasteiger partial charge in [-0.1, -0.05) is 0 Å². The largest absolute Gasteiger partial charge is 0.417 e. The van der Waals surface area contributed by atoms with E-state index >= 15 is 0 Å². The molecule has 1 aliphatic rings. The molecule has 88 valence electrons. The minimum Gasteiger partial charge on any atom is -0.417 e. The van der Waals surface area contributed by atoms with Gasteiger partial charge in [-0.25, -0.2) is 0 Å². The fraction of sp³-hybridized carbons (Fsp3) is 0.833. The van der Waals surface area contributed by atoms with E-state index in [1.165, 1.54) is 0 Å². The van der Waals surface area contributed by atoms with Crippen LogP contribution >= 0.6 is 0 Å². The van der Waals surface area contributed by atoms with Crippen molar-refractivity contribution in [1.82, 2.24) is 0 Å². The molecule has 1 rings (SSSR count). The molecule has 1 aliphatic carbocycles. The van der Waals surface area contributed by atoms with Crippen LogP contribution < -0.4 is 0 Å². The summed E-state index contributed by atoms with van der Waals surface area (Å²) in [6.07, 6.45) is 0. The highest BCUT2D eigenvalue weighted by Crippen LogP contribution is 2.68. The Morgan fingerprint density at radius 3 is 1.47 bits per heavy atom. The van der Waals surface area contributed by atoms with Gasteiger partial charge in [0, 0.05) is 6.92 Å². The summed E-state index contributed by atoms with van der Waals surface area (Å²) < 4.78 is 89.3. The molecule has 0 atom stereocenters. The van der Waals surface area contributed by atoms with Crippen LogP contribution in [0, 0.1) is 0 Å². The normalized spacial score (nSPS) is 29.1. The predicted octanol–water partition coefficient (Wildman–Crippen LogP) is 2.13. The number of esters is 1. The molecule has 9 heteroatoms. The molecular weight excluding hydrogens is 237 g/mol. The van der Waals surface area contributed by atoms with E-state index in [0.717, 1.165) is 0 Å². The number of ether oxygens (including phenoxy) is 1. The van der Waals surface area contributed by atoms with E-state index in [1.54, 1.807) is 0 Å². The quantitative estimate of drug-likeness (QED) is 0.518. The Balaban J connectivity index is 3.16. The third-order valence-electron chi connectivity index (χ3n) is 1.88. The Bertz CT molecular complexity index is 293. The van der Waals surface area contributed by atoms with Crippen molar-refractivity contribution in [3.8, 4) is 0 Å². The van der Waals surface area contributed by atoms with E-state index < -0.39 is 29.6 Å². The van der Waals surface area contributed by atoms with Gasteiger partial charge in [0.25, 0.3) is 0 Å². The molecule has 0 aromatic rings. The molecule has 0 aromatic heterocycles. The Morgan fingerprint density at radius 1 is 0.867 bits per heavy atom. The van der Waals surface area contributed by atoms with Gasteiger partial charge in [0.05, 0.1) is 0 Å². The van der Waals surface area contributed by atoms with E-state index in [2.05, 4.69) is 4.74 Å². The standard InChI is InChI=1S/C6H3F7O2/c1-2(14)15-6(13)4(9,10)3(7,8)5(6,11)12/h1H3. The number of hydrogen-bond donors (Lipinski definition) is 0. The highest BCUT2D eigenvalue weighted by Gasteiger charge is 3.02. The van der Waals surface area contributed by atoms with Crippen LogP contribution in [0.4, 0.5) is 30.7 Å². The summed E-state index contributed by atoms with van der Waals surface area (Å²) in [4.78, 5) is 10.1. The average molecular weight is 240 g/mol. The maximum absolute atomic E-state index is 12.8. The second-order valence-electron chi connectivity index (χ2n) is 2.91. The van der Waals surface area contributed by atoms with Gasteiger partial charge in [0.1, 0.15) is 0 Å². The van der Waals surface area contributed by atoms with Crippen LogP contribution in [0.3, 0.4) is 0 Å². The van der Waals surface area contributed by atoms with E-state index in [1.807, 2.05) is 0 Å². The molecule has 0 unspecified atom stereocenters. The number of hydrogen-bond acceptors (Lipinski definition) is 2. The lowest BCUT2D eigenvalue weighted by molar-refractivity contribution is -0.523. The molecule has 0 N–H and O–H groups in total. The van der Waals surface area contributed by atoms with Crippen molar-refractivity contribution >= 4 is 5.97 Å². The van der Waals surface area contributed by atoms with E-state index in [-0.39, 0.29) is 0 Å². The van der Waals surface area contributed by atoms with Gasteiger partial charge in [-0.15, -0.1) is 0 Å². The zero-order chi connectivity index (χ0) is 12.3. The highest BCUT2D eigenvalue weighted by atomic mass is 19.4. The van der Waals surface area contributed by atoms with E-state index in [0.29, 0.717) is 6.92 Å². The van der Waals surface area contributed by atoms with Gasteiger partial charge < -0.3 is 4.74 Å². The van der Waals surface area contributed by atoms with Gasteiger partial charge in [-0.2, -0.15) is 30.7 Å². The fourth-order valence-electron chi connectivity index (χ4n) is 1.06. The van der Waals surface area contributed by atoms with Gasteiger partial charge in [0.15, 0.2) is 0 Å². The first kappa shape index (κ1) is 12.1. The SMILES string of the molecule is CC(=O)OC1(F)C(F)(F)C(F)(F)C1(F)F. The van der Waals surface area contributed by atoms with Gasteiger partial charge in [0.2, 0.25) is 0 Å². The van der Waals surface area contributed by atoms with Crippen molar-refractivity contribution in [2.24, 2.45) is 0 Å². The Morgan fingerprint density at radius 2 is 1.20 bits per heavy atom. The van der Waals surface area contributed by atoms with Crippen LogP contribution in [-0.4, -0.2) is 29.6 Å². The first-order valence-corrected chi connectivity index (χ1v) is 3.44. The second kappa shape index (κ2) is 2.56. The zero-order valence-electron chi connectivity index (χ0n) is 6.96. The number of rotatable bonds is 1. The molecule has 1 saturated carbocycles. The van der Waals surface area contributed by atoms with Crippen LogP contribution in [-0.2, 0) is 9.53 Å². The van der Waals surface area contributed by atoms with Gasteiger partial charge in [-0.3, -0.25) is 4.79 Å². The lowest BCUT2D eigenvalue weighted by Gasteiger charge is -2.52. The lowest BCUT2D eigenvalue weighted by atomic mass is 9.78. The summed E-state index contributed by atoms with van der Waals surface area (Å²) in [5.41, 5.74) is 0. The molecule has 0 radical (unpaired) electrons. The number of alkyl halides is 7. The topological polar surface area (TPSA) is 26.3 Å². The summed E-state index contributed by atoms with van der Waals surface area (Å²) in [6, 6.07) is 0. The highest BCUT2D eigenvalue weighted by molar-refractivity contribution is 5.67. The van der Waals surface area contributed by atoms with E-state index in [9.17, 15) is 35.5 Å². The molecule has 0 aliphatic heterocycles. The van der Waals surface area contributed by atoms with Crippen LogP contribution in [0.5, 0.6) is 0 Å². The molecule has 0 aromatic carbocycles. The average Bonchev–Trinajstić information content (AvgIpc) is 2.00. The molecule has 0 saturated heterocycles. The summed E-state index contributed by atoms with van der Waals surface area (Å²) in [5, 5.41) is 0. The van der Waals surface area contributed by atoms with Crippen LogP contribution in [0.1, 0.15) is 6.92 Å². The lowest BCUT2D eigenvalue weighted by Crippen LogP contribution is -2.85. The Kier molecular flexibility index (Phi) is 2.06. The summed E-state index contributed by atoms with van der Waals surface area (Å²) in [5.74, 6) is -24.5. The van der Waals surface area contributed by atoms with Crippen LogP contribution in [0.15, 0.2) is 0 Å².